The lowest BCUT2D eigenvalue weighted by molar-refractivity contribution is 0.464. The highest BCUT2D eigenvalue weighted by molar-refractivity contribution is 5.39. The molecule has 0 bridgehead atoms. The van der Waals surface area contributed by atoms with Crippen LogP contribution >= 0.6 is 0 Å². The van der Waals surface area contributed by atoms with E-state index in [-0.39, 0.29) is 0 Å². The first-order chi connectivity index (χ1) is 12.6. The lowest BCUT2D eigenvalue weighted by Gasteiger charge is -2.12. The predicted octanol–water partition coefficient (Wildman–Crippen LogP) is 8.22. The van der Waals surface area contributed by atoms with Crippen LogP contribution in [0.3, 0.4) is 0 Å². The molecule has 26 heavy (non-hydrogen) atoms. The normalized spacial score (nSPS) is 11.4. The van der Waals surface area contributed by atoms with Crippen molar-refractivity contribution in [1.29, 1.82) is 0 Å². The molecule has 0 aliphatic rings. The Morgan fingerprint density at radius 2 is 1.31 bits per heavy atom. The maximum atomic E-state index is 10.3. The summed E-state index contributed by atoms with van der Waals surface area (Å²) in [7, 11) is 0. The monoisotopic (exact) mass is 360 g/mol. The van der Waals surface area contributed by atoms with Crippen LogP contribution < -0.4 is 0 Å². The largest absolute Gasteiger partial charge is 0.508 e. The number of hydrogen-bond acceptors (Lipinski definition) is 1. The van der Waals surface area contributed by atoms with Crippen LogP contribution in [-0.2, 0) is 12.8 Å². The van der Waals surface area contributed by atoms with Gasteiger partial charge in [0.05, 0.1) is 0 Å². The fourth-order valence-corrected chi connectivity index (χ4v) is 3.80. The predicted molar refractivity (Wildman–Crippen MR) is 116 cm³/mol. The standard InChI is InChI=1S/C25H44O/c1-4-5-6-7-8-9-10-15-20-24-23(19-16-21-25(24)26)18-14-12-11-13-17-22(2)3/h16,19,21-22,26H,4-15,17-18,20H2,1-3H3. The first-order valence-corrected chi connectivity index (χ1v) is 11.4. The molecule has 0 saturated carbocycles. The topological polar surface area (TPSA) is 20.2 Å². The van der Waals surface area contributed by atoms with E-state index in [0.29, 0.717) is 5.75 Å². The Morgan fingerprint density at radius 3 is 1.96 bits per heavy atom. The van der Waals surface area contributed by atoms with Gasteiger partial charge in [-0.3, -0.25) is 0 Å². The van der Waals surface area contributed by atoms with Gasteiger partial charge in [-0.15, -0.1) is 0 Å². The molecule has 0 saturated heterocycles. The van der Waals surface area contributed by atoms with Gasteiger partial charge in [0.15, 0.2) is 0 Å². The molecule has 0 unspecified atom stereocenters. The van der Waals surface area contributed by atoms with Crippen molar-refractivity contribution in [3.8, 4) is 5.75 Å². The third-order valence-corrected chi connectivity index (χ3v) is 5.51. The Balaban J connectivity index is 2.25. The molecule has 1 aromatic carbocycles. The van der Waals surface area contributed by atoms with Gasteiger partial charge >= 0.3 is 0 Å². The van der Waals surface area contributed by atoms with E-state index in [4.69, 9.17) is 0 Å². The molecule has 1 N–H and O–H groups in total. The summed E-state index contributed by atoms with van der Waals surface area (Å²) in [5.74, 6) is 1.35. The van der Waals surface area contributed by atoms with E-state index in [1.165, 1.54) is 94.6 Å². The summed E-state index contributed by atoms with van der Waals surface area (Å²) in [5.41, 5.74) is 2.61. The highest BCUT2D eigenvalue weighted by atomic mass is 16.3. The van der Waals surface area contributed by atoms with E-state index >= 15 is 0 Å². The van der Waals surface area contributed by atoms with E-state index in [9.17, 15) is 5.11 Å². The summed E-state index contributed by atoms with van der Waals surface area (Å²) in [4.78, 5) is 0. The Hall–Kier alpha value is -0.980. The van der Waals surface area contributed by atoms with Crippen molar-refractivity contribution >= 4 is 0 Å². The van der Waals surface area contributed by atoms with Crippen molar-refractivity contribution in [2.45, 2.75) is 117 Å². The zero-order valence-corrected chi connectivity index (χ0v) is 17.9. The van der Waals surface area contributed by atoms with Crippen LogP contribution in [0.25, 0.3) is 0 Å². The molecule has 0 heterocycles. The van der Waals surface area contributed by atoms with Crippen LogP contribution in [0.5, 0.6) is 5.75 Å². The van der Waals surface area contributed by atoms with E-state index < -0.39 is 0 Å². The van der Waals surface area contributed by atoms with Crippen molar-refractivity contribution < 1.29 is 5.11 Å². The van der Waals surface area contributed by atoms with Gasteiger partial charge in [-0.25, -0.2) is 0 Å². The summed E-state index contributed by atoms with van der Waals surface area (Å²) in [5, 5.41) is 10.3. The molecular weight excluding hydrogens is 316 g/mol. The number of rotatable bonds is 16. The quantitative estimate of drug-likeness (QED) is 0.294. The Labute approximate surface area is 163 Å². The van der Waals surface area contributed by atoms with Gasteiger partial charge in [0.2, 0.25) is 0 Å². The molecule has 1 nitrogen and oxygen atoms in total. The van der Waals surface area contributed by atoms with Crippen molar-refractivity contribution in [3.05, 3.63) is 29.3 Å². The number of aromatic hydroxyl groups is 1. The molecule has 1 heteroatoms. The fraction of sp³-hybridized carbons (Fsp3) is 0.760. The van der Waals surface area contributed by atoms with Crippen LogP contribution in [0.4, 0.5) is 0 Å². The minimum Gasteiger partial charge on any atom is -0.508 e. The summed E-state index contributed by atoms with van der Waals surface area (Å²) in [6, 6.07) is 6.11. The number of unbranched alkanes of at least 4 members (excludes halogenated alkanes) is 10. The van der Waals surface area contributed by atoms with Crippen molar-refractivity contribution in [2.75, 3.05) is 0 Å². The smallest absolute Gasteiger partial charge is 0.119 e. The van der Waals surface area contributed by atoms with Crippen LogP contribution in [-0.4, -0.2) is 5.11 Å². The van der Waals surface area contributed by atoms with Gasteiger partial charge in [0, 0.05) is 0 Å². The first kappa shape index (κ1) is 23.1. The second-order valence-corrected chi connectivity index (χ2v) is 8.49. The molecule has 1 rings (SSSR count). The second kappa shape index (κ2) is 15.1. The zero-order chi connectivity index (χ0) is 19.0. The van der Waals surface area contributed by atoms with Crippen LogP contribution in [0.2, 0.25) is 0 Å². The van der Waals surface area contributed by atoms with Gasteiger partial charge in [-0.05, 0) is 48.8 Å². The maximum absolute atomic E-state index is 10.3. The number of phenolic OH excluding ortho intramolecular Hbond substituents is 1. The van der Waals surface area contributed by atoms with E-state index in [0.717, 1.165) is 18.8 Å². The van der Waals surface area contributed by atoms with Crippen molar-refractivity contribution in [2.24, 2.45) is 5.92 Å². The van der Waals surface area contributed by atoms with E-state index in [1.807, 2.05) is 12.1 Å². The Morgan fingerprint density at radius 1 is 0.731 bits per heavy atom. The highest BCUT2D eigenvalue weighted by Crippen LogP contribution is 2.25. The number of hydrogen-bond donors (Lipinski definition) is 1. The first-order valence-electron chi connectivity index (χ1n) is 11.4. The van der Waals surface area contributed by atoms with Crippen LogP contribution in [0, 0.1) is 5.92 Å². The average molecular weight is 361 g/mol. The van der Waals surface area contributed by atoms with Crippen molar-refractivity contribution in [1.82, 2.24) is 0 Å². The molecule has 0 amide bonds. The minimum absolute atomic E-state index is 0.519. The van der Waals surface area contributed by atoms with Gasteiger partial charge in [-0.2, -0.15) is 0 Å². The molecule has 0 aliphatic carbocycles. The van der Waals surface area contributed by atoms with Crippen LogP contribution in [0.15, 0.2) is 18.2 Å². The highest BCUT2D eigenvalue weighted by Gasteiger charge is 2.07. The molecule has 0 fully saturated rings. The van der Waals surface area contributed by atoms with E-state index in [1.54, 1.807) is 0 Å². The Kier molecular flexibility index (Phi) is 13.4. The van der Waals surface area contributed by atoms with Gasteiger partial charge in [0.1, 0.15) is 5.75 Å². The Bertz CT molecular complexity index is 449. The molecule has 1 aromatic rings. The minimum atomic E-state index is 0.519. The molecule has 0 aromatic heterocycles. The number of phenols is 1. The van der Waals surface area contributed by atoms with E-state index in [2.05, 4.69) is 26.8 Å². The molecule has 0 spiro atoms. The maximum Gasteiger partial charge on any atom is 0.119 e. The molecule has 150 valence electrons. The number of benzene rings is 1. The molecular formula is C25H44O. The zero-order valence-electron chi connectivity index (χ0n) is 17.9. The summed E-state index contributed by atoms with van der Waals surface area (Å²) in [6.45, 7) is 6.89. The molecule has 0 atom stereocenters. The summed E-state index contributed by atoms with van der Waals surface area (Å²) in [6.07, 6.45) is 19.6. The molecule has 0 aliphatic heterocycles. The van der Waals surface area contributed by atoms with Crippen molar-refractivity contribution in [3.63, 3.8) is 0 Å². The van der Waals surface area contributed by atoms with Gasteiger partial charge < -0.3 is 5.11 Å². The molecule has 0 radical (unpaired) electrons. The lowest BCUT2D eigenvalue weighted by atomic mass is 9.95. The summed E-state index contributed by atoms with van der Waals surface area (Å²) < 4.78 is 0. The summed E-state index contributed by atoms with van der Waals surface area (Å²) >= 11 is 0. The SMILES string of the molecule is CCCCCCCCCCc1c(O)cccc1CCCCCCC(C)C. The average Bonchev–Trinajstić information content (AvgIpc) is 2.61. The van der Waals surface area contributed by atoms with Crippen LogP contribution in [0.1, 0.15) is 115 Å². The third-order valence-electron chi connectivity index (χ3n) is 5.51. The second-order valence-electron chi connectivity index (χ2n) is 8.49. The lowest BCUT2D eigenvalue weighted by Crippen LogP contribution is -1.96. The van der Waals surface area contributed by atoms with Gasteiger partial charge in [0.25, 0.3) is 0 Å². The third kappa shape index (κ3) is 10.9. The number of aryl methyl sites for hydroxylation is 1. The van der Waals surface area contributed by atoms with Gasteiger partial charge in [-0.1, -0.05) is 104 Å². The fourth-order valence-electron chi connectivity index (χ4n) is 3.80.